The maximum absolute atomic E-state index is 14.2. The minimum atomic E-state index is -1.06. The van der Waals surface area contributed by atoms with E-state index < -0.39 is 17.9 Å². The molecular weight excluding hydrogens is 526 g/mol. The van der Waals surface area contributed by atoms with Gasteiger partial charge in [-0.3, -0.25) is 19.3 Å². The maximum atomic E-state index is 14.2. The average Bonchev–Trinajstić information content (AvgIpc) is 3.62. The number of nitrogen functional groups attached to an aromatic ring is 1. The van der Waals surface area contributed by atoms with Crippen molar-refractivity contribution in [3.8, 4) is 5.75 Å². The Morgan fingerprint density at radius 2 is 1.55 bits per heavy atom. The molecule has 9 nitrogen and oxygen atoms in total. The van der Waals surface area contributed by atoms with Gasteiger partial charge in [-0.05, 0) is 78.5 Å². The number of phenolic OH excluding ortho intramolecular Hbond substituents is 1. The Morgan fingerprint density at radius 1 is 0.925 bits per heavy atom. The van der Waals surface area contributed by atoms with Crippen LogP contribution in [0.2, 0.25) is 0 Å². The number of primary amides is 1. The van der Waals surface area contributed by atoms with Crippen LogP contribution in [0, 0.1) is 0 Å². The molecule has 0 radical (unpaired) electrons. The first-order valence-corrected chi connectivity index (χ1v) is 14.7. The van der Waals surface area contributed by atoms with Gasteiger partial charge in [0.2, 0.25) is 5.91 Å². The van der Waals surface area contributed by atoms with Gasteiger partial charge in [-0.25, -0.2) is 0 Å². The van der Waals surface area contributed by atoms with Gasteiger partial charge < -0.3 is 21.9 Å². The lowest BCUT2D eigenvalue weighted by atomic mass is 9.84. The molecule has 2 aromatic carbocycles. The average molecular weight is 562 g/mol. The Kier molecular flexibility index (Phi) is 8.35. The normalized spacial score (nSPS) is 16.9. The van der Waals surface area contributed by atoms with Crippen LogP contribution in [-0.4, -0.2) is 33.2 Å². The summed E-state index contributed by atoms with van der Waals surface area (Å²) in [5.41, 5.74) is 13.6. The molecule has 0 bridgehead atoms. The van der Waals surface area contributed by atoms with E-state index in [0.29, 0.717) is 17.2 Å². The number of anilines is 2. The smallest absolute Gasteiger partial charge is 0.273 e. The molecule has 2 saturated carbocycles. The largest absolute Gasteiger partial charge is 0.508 e. The number of aromatic hydroxyl groups is 1. The molecule has 3 amide bonds. The molecule has 0 spiro atoms. The van der Waals surface area contributed by atoms with Gasteiger partial charge in [0.1, 0.15) is 16.7 Å². The van der Waals surface area contributed by atoms with E-state index in [9.17, 15) is 19.5 Å². The predicted molar refractivity (Wildman–Crippen MR) is 155 cm³/mol. The van der Waals surface area contributed by atoms with Crippen molar-refractivity contribution in [2.24, 2.45) is 5.73 Å². The first-order valence-electron chi connectivity index (χ1n) is 13.9. The van der Waals surface area contributed by atoms with Gasteiger partial charge in [-0.2, -0.15) is 4.37 Å². The van der Waals surface area contributed by atoms with Gasteiger partial charge in [0, 0.05) is 11.7 Å². The van der Waals surface area contributed by atoms with Crippen LogP contribution >= 0.6 is 11.5 Å². The van der Waals surface area contributed by atoms with Crippen LogP contribution in [0.4, 0.5) is 11.4 Å². The summed E-state index contributed by atoms with van der Waals surface area (Å²) in [5, 5.41) is 13.1. The summed E-state index contributed by atoms with van der Waals surface area (Å²) in [6.07, 6.45) is 9.75. The highest BCUT2D eigenvalue weighted by Crippen LogP contribution is 2.37. The molecule has 6 N–H and O–H groups in total. The number of rotatable bonds is 8. The minimum Gasteiger partial charge on any atom is -0.508 e. The van der Waals surface area contributed by atoms with Crippen LogP contribution in [0.3, 0.4) is 0 Å². The van der Waals surface area contributed by atoms with E-state index >= 15 is 0 Å². The third kappa shape index (κ3) is 5.82. The highest BCUT2D eigenvalue weighted by molar-refractivity contribution is 7.09. The molecule has 0 saturated heterocycles. The van der Waals surface area contributed by atoms with E-state index in [0.717, 1.165) is 50.1 Å². The van der Waals surface area contributed by atoms with Crippen molar-refractivity contribution in [2.45, 2.75) is 75.8 Å². The van der Waals surface area contributed by atoms with E-state index in [1.165, 1.54) is 41.9 Å². The standard InChI is InChI=1S/C30H35N5O4S/c31-24-25(28(32)37)34-40-27(24)30(39)35(22-14-10-19(11-15-22)18-6-2-1-3-7-18)26(20-12-16-23(36)17-13-20)29(38)33-21-8-4-5-9-21/h10-18,21,26,36H,1-9,31H2,(H2,32,37)(H,33,38)/t26-/m0/s1. The maximum Gasteiger partial charge on any atom is 0.273 e. The Balaban J connectivity index is 1.59. The zero-order valence-corrected chi connectivity index (χ0v) is 23.2. The quantitative estimate of drug-likeness (QED) is 0.303. The van der Waals surface area contributed by atoms with Gasteiger partial charge >= 0.3 is 0 Å². The summed E-state index contributed by atoms with van der Waals surface area (Å²) in [6, 6.07) is 13.0. The topological polar surface area (TPSA) is 152 Å². The van der Waals surface area contributed by atoms with Crippen LogP contribution in [-0.2, 0) is 4.79 Å². The van der Waals surface area contributed by atoms with E-state index in [4.69, 9.17) is 11.5 Å². The number of nitrogens with two attached hydrogens (primary N) is 2. The van der Waals surface area contributed by atoms with E-state index in [1.54, 1.807) is 12.1 Å². The highest BCUT2D eigenvalue weighted by atomic mass is 32.1. The van der Waals surface area contributed by atoms with E-state index in [-0.39, 0.29) is 34.0 Å². The Morgan fingerprint density at radius 3 is 2.15 bits per heavy atom. The first-order chi connectivity index (χ1) is 19.3. The van der Waals surface area contributed by atoms with Crippen LogP contribution < -0.4 is 21.7 Å². The highest BCUT2D eigenvalue weighted by Gasteiger charge is 2.37. The first kappa shape index (κ1) is 27.6. The van der Waals surface area contributed by atoms with Crippen molar-refractivity contribution in [3.63, 3.8) is 0 Å². The van der Waals surface area contributed by atoms with Crippen molar-refractivity contribution < 1.29 is 19.5 Å². The molecule has 2 aliphatic rings. The molecule has 0 unspecified atom stereocenters. The number of phenols is 1. The van der Waals surface area contributed by atoms with Crippen molar-refractivity contribution >= 4 is 40.6 Å². The van der Waals surface area contributed by atoms with Crippen LogP contribution in [0.1, 0.15) is 101 Å². The fourth-order valence-electron chi connectivity index (χ4n) is 5.89. The molecule has 5 rings (SSSR count). The summed E-state index contributed by atoms with van der Waals surface area (Å²) >= 11 is 0.782. The number of carbonyl (C=O) groups is 3. The molecule has 40 heavy (non-hydrogen) atoms. The number of benzene rings is 2. The van der Waals surface area contributed by atoms with Gasteiger partial charge in [0.25, 0.3) is 11.8 Å². The number of nitrogens with one attached hydrogen (secondary N) is 1. The summed E-state index contributed by atoms with van der Waals surface area (Å²) in [6.45, 7) is 0. The number of aromatic nitrogens is 1. The Hall–Kier alpha value is -3.92. The molecule has 2 aliphatic carbocycles. The fraction of sp³-hybridized carbons (Fsp3) is 0.400. The number of carbonyl (C=O) groups excluding carboxylic acids is 3. The SMILES string of the molecule is NC(=O)c1nsc(C(=O)N(c2ccc(C3CCCCC3)cc2)[C@H](C(=O)NC2CCCC2)c2ccc(O)cc2)c1N. The lowest BCUT2D eigenvalue weighted by Gasteiger charge is -2.32. The molecule has 1 aromatic heterocycles. The zero-order chi connectivity index (χ0) is 28.2. The molecular formula is C30H35N5O4S. The number of hydrogen-bond acceptors (Lipinski definition) is 7. The van der Waals surface area contributed by atoms with Gasteiger partial charge in [0.15, 0.2) is 5.69 Å². The second-order valence-electron chi connectivity index (χ2n) is 10.7. The summed E-state index contributed by atoms with van der Waals surface area (Å²) in [5.74, 6) is -1.20. The number of hydrogen-bond donors (Lipinski definition) is 4. The molecule has 10 heteroatoms. The number of amides is 3. The van der Waals surface area contributed by atoms with Crippen molar-refractivity contribution in [1.29, 1.82) is 0 Å². The third-order valence-electron chi connectivity index (χ3n) is 8.04. The van der Waals surface area contributed by atoms with Crippen LogP contribution in [0.25, 0.3) is 0 Å². The molecule has 1 heterocycles. The second-order valence-corrected chi connectivity index (χ2v) is 11.5. The minimum absolute atomic E-state index is 0.0210. The van der Waals surface area contributed by atoms with E-state index in [1.807, 2.05) is 24.3 Å². The summed E-state index contributed by atoms with van der Waals surface area (Å²) in [4.78, 5) is 41.5. The van der Waals surface area contributed by atoms with Crippen LogP contribution in [0.15, 0.2) is 48.5 Å². The molecule has 1 atom stereocenters. The Labute approximate surface area is 237 Å². The molecule has 210 valence electrons. The molecule has 0 aliphatic heterocycles. The van der Waals surface area contributed by atoms with Gasteiger partial charge in [-0.1, -0.05) is 56.4 Å². The van der Waals surface area contributed by atoms with Gasteiger partial charge in [0.05, 0.1) is 5.69 Å². The zero-order valence-electron chi connectivity index (χ0n) is 22.3. The fourth-order valence-corrected chi connectivity index (χ4v) is 6.63. The monoisotopic (exact) mass is 561 g/mol. The summed E-state index contributed by atoms with van der Waals surface area (Å²) in [7, 11) is 0. The molecule has 2 fully saturated rings. The van der Waals surface area contributed by atoms with Crippen LogP contribution in [0.5, 0.6) is 5.75 Å². The predicted octanol–water partition coefficient (Wildman–Crippen LogP) is 5.02. The van der Waals surface area contributed by atoms with Crippen molar-refractivity contribution in [1.82, 2.24) is 9.69 Å². The Bertz CT molecular complexity index is 1360. The van der Waals surface area contributed by atoms with Gasteiger partial charge in [-0.15, -0.1) is 0 Å². The van der Waals surface area contributed by atoms with E-state index in [2.05, 4.69) is 9.69 Å². The third-order valence-corrected chi connectivity index (χ3v) is 8.89. The second kappa shape index (κ2) is 12.1. The lowest BCUT2D eigenvalue weighted by molar-refractivity contribution is -0.123. The molecule has 3 aromatic rings. The van der Waals surface area contributed by atoms with Crippen molar-refractivity contribution in [3.05, 3.63) is 70.2 Å². The summed E-state index contributed by atoms with van der Waals surface area (Å²) < 4.78 is 4.02. The lowest BCUT2D eigenvalue weighted by Crippen LogP contribution is -2.46. The number of nitrogens with zero attached hydrogens (tertiary/aromatic N) is 2. The van der Waals surface area contributed by atoms with Crippen molar-refractivity contribution in [2.75, 3.05) is 10.6 Å².